The fourth-order valence-electron chi connectivity index (χ4n) is 1.96. The molecule has 1 atom stereocenters. The zero-order chi connectivity index (χ0) is 13.8. The van der Waals surface area contributed by atoms with Crippen LogP contribution < -0.4 is 5.32 Å². The molecule has 1 aromatic carbocycles. The van der Waals surface area contributed by atoms with Crippen molar-refractivity contribution >= 4 is 16.7 Å². The van der Waals surface area contributed by atoms with Crippen LogP contribution in [0.25, 0.3) is 10.8 Å². The molecule has 1 aromatic heterocycles. The van der Waals surface area contributed by atoms with Crippen LogP contribution in [0.4, 0.5) is 0 Å². The molecule has 0 aliphatic carbocycles. The average Bonchev–Trinajstić information content (AvgIpc) is 2.43. The Bertz CT molecular complexity index is 576. The lowest BCUT2D eigenvalue weighted by Crippen LogP contribution is -2.41. The number of aromatic nitrogens is 1. The number of amides is 1. The Labute approximate surface area is 112 Å². The van der Waals surface area contributed by atoms with Crippen molar-refractivity contribution in [3.05, 3.63) is 42.2 Å². The fourth-order valence-corrected chi connectivity index (χ4v) is 1.96. The number of nitrogens with one attached hydrogen (secondary N) is 1. The summed E-state index contributed by atoms with van der Waals surface area (Å²) in [5, 5.41) is 13.9. The molecule has 2 aromatic rings. The van der Waals surface area contributed by atoms with Gasteiger partial charge in [-0.1, -0.05) is 38.1 Å². The van der Waals surface area contributed by atoms with Crippen LogP contribution in [0.2, 0.25) is 0 Å². The van der Waals surface area contributed by atoms with Gasteiger partial charge in [0, 0.05) is 11.6 Å². The first-order chi connectivity index (χ1) is 9.13. The maximum Gasteiger partial charge on any atom is 0.270 e. The van der Waals surface area contributed by atoms with Gasteiger partial charge in [-0.25, -0.2) is 0 Å². The Hall–Kier alpha value is -1.94. The van der Waals surface area contributed by atoms with Crippen LogP contribution in [0.3, 0.4) is 0 Å². The van der Waals surface area contributed by atoms with Crippen molar-refractivity contribution in [2.24, 2.45) is 5.92 Å². The lowest BCUT2D eigenvalue weighted by atomic mass is 10.0. The lowest BCUT2D eigenvalue weighted by molar-refractivity contribution is 0.0893. The summed E-state index contributed by atoms with van der Waals surface area (Å²) < 4.78 is 0. The van der Waals surface area contributed by atoms with Gasteiger partial charge in [-0.05, 0) is 17.4 Å². The molecule has 0 spiro atoms. The first-order valence-corrected chi connectivity index (χ1v) is 6.39. The second-order valence-corrected chi connectivity index (χ2v) is 4.89. The third kappa shape index (κ3) is 2.90. The van der Waals surface area contributed by atoms with E-state index in [-0.39, 0.29) is 24.5 Å². The van der Waals surface area contributed by atoms with Crippen LogP contribution in [0.5, 0.6) is 0 Å². The summed E-state index contributed by atoms with van der Waals surface area (Å²) in [5.74, 6) is -0.0755. The van der Waals surface area contributed by atoms with E-state index in [1.165, 1.54) is 0 Å². The number of nitrogens with zero attached hydrogens (tertiary/aromatic N) is 1. The number of fused-ring (bicyclic) bond motifs is 1. The zero-order valence-electron chi connectivity index (χ0n) is 11.1. The standard InChI is InChI=1S/C15H18N2O2/c1-10(2)13(9-18)17-15(19)14-12-6-4-3-5-11(12)7-8-16-14/h3-8,10,13,18H,9H2,1-2H3,(H,17,19)/t13-/m1/s1. The highest BCUT2D eigenvalue weighted by Crippen LogP contribution is 2.16. The smallest absolute Gasteiger partial charge is 0.270 e. The van der Waals surface area contributed by atoms with Crippen molar-refractivity contribution in [2.75, 3.05) is 6.61 Å². The molecule has 4 heteroatoms. The Morgan fingerprint density at radius 3 is 2.74 bits per heavy atom. The average molecular weight is 258 g/mol. The summed E-state index contributed by atoms with van der Waals surface area (Å²) in [4.78, 5) is 16.4. The third-order valence-corrected chi connectivity index (χ3v) is 3.21. The molecular formula is C15H18N2O2. The molecule has 1 amide bonds. The van der Waals surface area contributed by atoms with Crippen molar-refractivity contribution in [2.45, 2.75) is 19.9 Å². The number of aliphatic hydroxyl groups is 1. The number of carbonyl (C=O) groups is 1. The molecule has 0 bridgehead atoms. The Balaban J connectivity index is 2.31. The van der Waals surface area contributed by atoms with Gasteiger partial charge in [0.05, 0.1) is 12.6 Å². The van der Waals surface area contributed by atoms with E-state index in [2.05, 4.69) is 10.3 Å². The largest absolute Gasteiger partial charge is 0.394 e. The highest BCUT2D eigenvalue weighted by atomic mass is 16.3. The van der Waals surface area contributed by atoms with E-state index in [0.29, 0.717) is 5.69 Å². The molecule has 2 rings (SSSR count). The van der Waals surface area contributed by atoms with Gasteiger partial charge in [0.15, 0.2) is 0 Å². The third-order valence-electron chi connectivity index (χ3n) is 3.21. The van der Waals surface area contributed by atoms with Crippen LogP contribution in [0.1, 0.15) is 24.3 Å². The quantitative estimate of drug-likeness (QED) is 0.881. The molecule has 1 heterocycles. The van der Waals surface area contributed by atoms with Crippen LogP contribution >= 0.6 is 0 Å². The molecule has 0 saturated carbocycles. The van der Waals surface area contributed by atoms with Crippen molar-refractivity contribution in [3.63, 3.8) is 0 Å². The number of pyridine rings is 1. The van der Waals surface area contributed by atoms with E-state index in [9.17, 15) is 9.90 Å². The van der Waals surface area contributed by atoms with Crippen LogP contribution in [0.15, 0.2) is 36.5 Å². The highest BCUT2D eigenvalue weighted by Gasteiger charge is 2.18. The summed E-state index contributed by atoms with van der Waals surface area (Å²) in [6.07, 6.45) is 1.63. The Morgan fingerprint density at radius 1 is 1.32 bits per heavy atom. The van der Waals surface area contributed by atoms with Gasteiger partial charge in [-0.15, -0.1) is 0 Å². The minimum absolute atomic E-state index is 0.0752. The molecule has 4 nitrogen and oxygen atoms in total. The van der Waals surface area contributed by atoms with E-state index in [4.69, 9.17) is 0 Å². The van der Waals surface area contributed by atoms with Crippen molar-refractivity contribution < 1.29 is 9.90 Å². The summed E-state index contributed by atoms with van der Waals surface area (Å²) in [6, 6.07) is 9.24. The summed E-state index contributed by atoms with van der Waals surface area (Å²) in [6.45, 7) is 3.84. The monoisotopic (exact) mass is 258 g/mol. The van der Waals surface area contributed by atoms with Gasteiger partial charge in [0.2, 0.25) is 0 Å². The number of benzene rings is 1. The SMILES string of the molecule is CC(C)[C@@H](CO)NC(=O)c1nccc2ccccc12. The number of rotatable bonds is 4. The molecule has 0 radical (unpaired) electrons. The predicted octanol–water partition coefficient (Wildman–Crippen LogP) is 1.98. The van der Waals surface area contributed by atoms with Gasteiger partial charge in [-0.2, -0.15) is 0 Å². The van der Waals surface area contributed by atoms with Crippen LogP contribution in [0, 0.1) is 5.92 Å². The van der Waals surface area contributed by atoms with Crippen LogP contribution in [-0.4, -0.2) is 28.6 Å². The van der Waals surface area contributed by atoms with Crippen molar-refractivity contribution in [3.8, 4) is 0 Å². The molecule has 0 unspecified atom stereocenters. The minimum Gasteiger partial charge on any atom is -0.394 e. The number of carbonyl (C=O) groups excluding carboxylic acids is 1. The van der Waals surface area contributed by atoms with Crippen molar-refractivity contribution in [1.82, 2.24) is 10.3 Å². The maximum atomic E-state index is 12.2. The molecule has 100 valence electrons. The Morgan fingerprint density at radius 2 is 2.05 bits per heavy atom. The number of aliphatic hydroxyl groups excluding tert-OH is 1. The molecule has 19 heavy (non-hydrogen) atoms. The second kappa shape index (κ2) is 5.80. The summed E-state index contributed by atoms with van der Waals surface area (Å²) >= 11 is 0. The molecular weight excluding hydrogens is 240 g/mol. The van der Waals surface area contributed by atoms with E-state index < -0.39 is 0 Å². The highest BCUT2D eigenvalue weighted by molar-refractivity contribution is 6.05. The predicted molar refractivity (Wildman–Crippen MR) is 74.9 cm³/mol. The first-order valence-electron chi connectivity index (χ1n) is 6.39. The maximum absolute atomic E-state index is 12.2. The molecule has 2 N–H and O–H groups in total. The topological polar surface area (TPSA) is 62.2 Å². The van der Waals surface area contributed by atoms with E-state index in [0.717, 1.165) is 10.8 Å². The van der Waals surface area contributed by atoms with Gasteiger partial charge in [0.25, 0.3) is 5.91 Å². The minimum atomic E-state index is -0.256. The fraction of sp³-hybridized carbons (Fsp3) is 0.333. The number of hydrogen-bond acceptors (Lipinski definition) is 3. The molecule has 0 fully saturated rings. The van der Waals surface area contributed by atoms with Crippen molar-refractivity contribution in [1.29, 1.82) is 0 Å². The summed E-state index contributed by atoms with van der Waals surface area (Å²) in [7, 11) is 0. The Kier molecular flexibility index (Phi) is 4.12. The van der Waals surface area contributed by atoms with Crippen LogP contribution in [-0.2, 0) is 0 Å². The molecule has 0 aliphatic heterocycles. The van der Waals surface area contributed by atoms with E-state index >= 15 is 0 Å². The lowest BCUT2D eigenvalue weighted by Gasteiger charge is -2.19. The van der Waals surface area contributed by atoms with Gasteiger partial charge in [-0.3, -0.25) is 9.78 Å². The molecule has 0 saturated heterocycles. The van der Waals surface area contributed by atoms with Gasteiger partial charge in [0.1, 0.15) is 5.69 Å². The molecule has 0 aliphatic rings. The summed E-state index contributed by atoms with van der Waals surface area (Å²) in [5.41, 5.74) is 0.400. The van der Waals surface area contributed by atoms with E-state index in [1.54, 1.807) is 6.20 Å². The first kappa shape index (κ1) is 13.5. The van der Waals surface area contributed by atoms with E-state index in [1.807, 2.05) is 44.2 Å². The van der Waals surface area contributed by atoms with Gasteiger partial charge >= 0.3 is 0 Å². The number of hydrogen-bond donors (Lipinski definition) is 2. The van der Waals surface area contributed by atoms with Gasteiger partial charge < -0.3 is 10.4 Å². The normalized spacial score (nSPS) is 12.6. The zero-order valence-corrected chi connectivity index (χ0v) is 11.1. The second-order valence-electron chi connectivity index (χ2n) is 4.89.